The first kappa shape index (κ1) is 19.5. The maximum Gasteiger partial charge on any atom is 0.313 e. The molecule has 2 N–H and O–H groups in total. The third-order valence-corrected chi connectivity index (χ3v) is 4.64. The van der Waals surface area contributed by atoms with E-state index in [1.807, 2.05) is 0 Å². The standard InChI is InChI=1S/C18H26ClN3O3/c1-13-5-3-9-22(12-13)10-4-8-20-17(23)18(24)21-16-11-14(25-2)6-7-15(16)19/h6-7,11,13H,3-5,8-10,12H2,1-2H3,(H,20,23)(H,21,24). The molecule has 1 aromatic carbocycles. The van der Waals surface area contributed by atoms with Gasteiger partial charge in [-0.3, -0.25) is 9.59 Å². The van der Waals surface area contributed by atoms with Gasteiger partial charge in [-0.1, -0.05) is 18.5 Å². The number of anilines is 1. The number of piperidine rings is 1. The molecule has 2 amide bonds. The van der Waals surface area contributed by atoms with Crippen molar-refractivity contribution in [3.05, 3.63) is 23.2 Å². The molecule has 1 aromatic rings. The molecule has 0 spiro atoms. The van der Waals surface area contributed by atoms with Gasteiger partial charge in [0.25, 0.3) is 0 Å². The number of amides is 2. The second kappa shape index (κ2) is 9.63. The van der Waals surface area contributed by atoms with Crippen LogP contribution in [0.1, 0.15) is 26.2 Å². The fourth-order valence-corrected chi connectivity index (χ4v) is 3.15. The van der Waals surface area contributed by atoms with E-state index >= 15 is 0 Å². The minimum absolute atomic E-state index is 0.348. The van der Waals surface area contributed by atoms with Crippen LogP contribution < -0.4 is 15.4 Å². The minimum Gasteiger partial charge on any atom is -0.497 e. The second-order valence-electron chi connectivity index (χ2n) is 6.46. The van der Waals surface area contributed by atoms with Crippen molar-refractivity contribution in [1.29, 1.82) is 0 Å². The highest BCUT2D eigenvalue weighted by Crippen LogP contribution is 2.26. The first-order valence-electron chi connectivity index (χ1n) is 8.64. The number of hydrogen-bond acceptors (Lipinski definition) is 4. The maximum absolute atomic E-state index is 12.0. The largest absolute Gasteiger partial charge is 0.497 e. The zero-order valence-electron chi connectivity index (χ0n) is 14.8. The van der Waals surface area contributed by atoms with Gasteiger partial charge >= 0.3 is 11.8 Å². The zero-order chi connectivity index (χ0) is 18.2. The average molecular weight is 368 g/mol. The topological polar surface area (TPSA) is 70.7 Å². The lowest BCUT2D eigenvalue weighted by Crippen LogP contribution is -2.39. The molecule has 0 aromatic heterocycles. The summed E-state index contributed by atoms with van der Waals surface area (Å²) < 4.78 is 5.08. The van der Waals surface area contributed by atoms with E-state index in [9.17, 15) is 9.59 Å². The van der Waals surface area contributed by atoms with Crippen LogP contribution in [0.3, 0.4) is 0 Å². The van der Waals surface area contributed by atoms with Crippen LogP contribution in [0, 0.1) is 5.92 Å². The van der Waals surface area contributed by atoms with Gasteiger partial charge in [-0.15, -0.1) is 0 Å². The first-order valence-corrected chi connectivity index (χ1v) is 9.02. The maximum atomic E-state index is 12.0. The van der Waals surface area contributed by atoms with Gasteiger partial charge < -0.3 is 20.3 Å². The summed E-state index contributed by atoms with van der Waals surface area (Å²) in [5.41, 5.74) is 0.350. The van der Waals surface area contributed by atoms with E-state index in [0.717, 1.165) is 32.0 Å². The van der Waals surface area contributed by atoms with Gasteiger partial charge in [0.2, 0.25) is 0 Å². The van der Waals surface area contributed by atoms with E-state index in [0.29, 0.717) is 23.0 Å². The minimum atomic E-state index is -0.734. The average Bonchev–Trinajstić information content (AvgIpc) is 2.60. The summed E-state index contributed by atoms with van der Waals surface area (Å²) in [5, 5.41) is 5.51. The molecule has 25 heavy (non-hydrogen) atoms. The molecule has 7 heteroatoms. The van der Waals surface area contributed by atoms with Gasteiger partial charge in [0.15, 0.2) is 0 Å². The Kier molecular flexibility index (Phi) is 7.52. The summed E-state index contributed by atoms with van der Waals surface area (Å²) in [4.78, 5) is 26.3. The van der Waals surface area contributed by atoms with Crippen molar-refractivity contribution in [3.8, 4) is 5.75 Å². The number of methoxy groups -OCH3 is 1. The number of rotatable bonds is 6. The fourth-order valence-electron chi connectivity index (χ4n) is 2.98. The highest BCUT2D eigenvalue weighted by atomic mass is 35.5. The Hall–Kier alpha value is -1.79. The summed E-state index contributed by atoms with van der Waals surface area (Å²) in [6.07, 6.45) is 3.35. The van der Waals surface area contributed by atoms with Crippen molar-refractivity contribution < 1.29 is 14.3 Å². The molecule has 1 aliphatic heterocycles. The molecule has 1 fully saturated rings. The number of nitrogens with one attached hydrogen (secondary N) is 2. The van der Waals surface area contributed by atoms with Gasteiger partial charge in [-0.2, -0.15) is 0 Å². The smallest absolute Gasteiger partial charge is 0.313 e. The monoisotopic (exact) mass is 367 g/mol. The van der Waals surface area contributed by atoms with Crippen molar-refractivity contribution in [2.24, 2.45) is 5.92 Å². The Labute approximate surface area is 153 Å². The molecular formula is C18H26ClN3O3. The Morgan fingerprint density at radius 3 is 2.88 bits per heavy atom. The van der Waals surface area contributed by atoms with E-state index < -0.39 is 11.8 Å². The van der Waals surface area contributed by atoms with Crippen LogP contribution in [-0.4, -0.2) is 50.0 Å². The van der Waals surface area contributed by atoms with Crippen LogP contribution >= 0.6 is 11.6 Å². The number of nitrogens with zero attached hydrogens (tertiary/aromatic N) is 1. The Balaban J connectivity index is 1.72. The summed E-state index contributed by atoms with van der Waals surface area (Å²) in [6, 6.07) is 4.86. The van der Waals surface area contributed by atoms with E-state index in [1.54, 1.807) is 18.2 Å². The molecule has 0 bridgehead atoms. The lowest BCUT2D eigenvalue weighted by atomic mass is 10.0. The van der Waals surface area contributed by atoms with Gasteiger partial charge in [-0.25, -0.2) is 0 Å². The number of likely N-dealkylation sites (tertiary alicyclic amines) is 1. The molecule has 1 unspecified atom stereocenters. The van der Waals surface area contributed by atoms with Crippen LogP contribution in [0.5, 0.6) is 5.75 Å². The van der Waals surface area contributed by atoms with E-state index in [2.05, 4.69) is 22.5 Å². The van der Waals surface area contributed by atoms with Crippen LogP contribution in [-0.2, 0) is 9.59 Å². The molecule has 6 nitrogen and oxygen atoms in total. The molecule has 1 heterocycles. The molecule has 1 atom stereocenters. The predicted molar refractivity (Wildman–Crippen MR) is 99.1 cm³/mol. The van der Waals surface area contributed by atoms with E-state index in [4.69, 9.17) is 16.3 Å². The summed E-state index contributed by atoms with van der Waals surface area (Å²) >= 11 is 6.02. The third kappa shape index (κ3) is 6.21. The molecule has 138 valence electrons. The molecule has 0 aliphatic carbocycles. The molecule has 2 rings (SSSR count). The summed E-state index contributed by atoms with van der Waals surface area (Å²) in [5.74, 6) is -0.106. The van der Waals surface area contributed by atoms with Crippen LogP contribution in [0.25, 0.3) is 0 Å². The number of carbonyl (C=O) groups is 2. The van der Waals surface area contributed by atoms with Crippen LogP contribution in [0.15, 0.2) is 18.2 Å². The Bertz CT molecular complexity index is 609. The number of carbonyl (C=O) groups excluding carboxylic acids is 2. The van der Waals surface area contributed by atoms with Gasteiger partial charge in [-0.05, 0) is 50.4 Å². The molecule has 0 radical (unpaired) electrons. The van der Waals surface area contributed by atoms with Gasteiger partial charge in [0.1, 0.15) is 5.75 Å². The molecular weight excluding hydrogens is 342 g/mol. The van der Waals surface area contributed by atoms with Crippen molar-refractivity contribution in [1.82, 2.24) is 10.2 Å². The van der Waals surface area contributed by atoms with Gasteiger partial charge in [0.05, 0.1) is 17.8 Å². The molecule has 0 saturated carbocycles. The third-order valence-electron chi connectivity index (χ3n) is 4.31. The number of hydrogen-bond donors (Lipinski definition) is 2. The van der Waals surface area contributed by atoms with Gasteiger partial charge in [0, 0.05) is 19.2 Å². The summed E-state index contributed by atoms with van der Waals surface area (Å²) in [6.45, 7) is 5.91. The van der Waals surface area contributed by atoms with Crippen LogP contribution in [0.2, 0.25) is 5.02 Å². The quantitative estimate of drug-likeness (QED) is 0.598. The Morgan fingerprint density at radius 2 is 2.16 bits per heavy atom. The van der Waals surface area contributed by atoms with Crippen molar-refractivity contribution >= 4 is 29.1 Å². The Morgan fingerprint density at radius 1 is 1.36 bits per heavy atom. The lowest BCUT2D eigenvalue weighted by Gasteiger charge is -2.30. The SMILES string of the molecule is COc1ccc(Cl)c(NC(=O)C(=O)NCCCN2CCCC(C)C2)c1. The number of benzene rings is 1. The second-order valence-corrected chi connectivity index (χ2v) is 6.86. The van der Waals surface area contributed by atoms with Crippen LogP contribution in [0.4, 0.5) is 5.69 Å². The molecule has 1 aliphatic rings. The van der Waals surface area contributed by atoms with E-state index in [-0.39, 0.29) is 0 Å². The van der Waals surface area contributed by atoms with E-state index in [1.165, 1.54) is 20.0 Å². The predicted octanol–water partition coefficient (Wildman–Crippen LogP) is 2.53. The lowest BCUT2D eigenvalue weighted by molar-refractivity contribution is -0.136. The number of halogens is 1. The van der Waals surface area contributed by atoms with Crippen molar-refractivity contribution in [2.45, 2.75) is 26.2 Å². The number of ether oxygens (including phenoxy) is 1. The summed E-state index contributed by atoms with van der Waals surface area (Å²) in [7, 11) is 1.52. The van der Waals surface area contributed by atoms with Crippen molar-refractivity contribution in [2.75, 3.05) is 38.6 Å². The van der Waals surface area contributed by atoms with Crippen molar-refractivity contribution in [3.63, 3.8) is 0 Å². The highest BCUT2D eigenvalue weighted by Gasteiger charge is 2.17. The molecule has 1 saturated heterocycles. The fraction of sp³-hybridized carbons (Fsp3) is 0.556. The highest BCUT2D eigenvalue weighted by molar-refractivity contribution is 6.41. The first-order chi connectivity index (χ1) is 12.0. The normalized spacial score (nSPS) is 17.8. The zero-order valence-corrected chi connectivity index (χ0v) is 15.6.